The van der Waals surface area contributed by atoms with Crippen LogP contribution in [-0.4, -0.2) is 21.7 Å². The van der Waals surface area contributed by atoms with Gasteiger partial charge in [0.05, 0.1) is 0 Å². The number of rotatable bonds is 6. The second-order valence-electron chi connectivity index (χ2n) is 11.4. The van der Waals surface area contributed by atoms with Gasteiger partial charge in [0.2, 0.25) is 16.6 Å². The van der Waals surface area contributed by atoms with Crippen molar-refractivity contribution in [2.75, 3.05) is 0 Å². The van der Waals surface area contributed by atoms with Gasteiger partial charge in [0.15, 0.2) is 0 Å². The molecule has 0 atom stereocenters. The minimum Gasteiger partial charge on any atom is -0.543 e. The molecule has 2 aromatic rings. The van der Waals surface area contributed by atoms with Gasteiger partial charge in [-0.25, -0.2) is 0 Å². The van der Waals surface area contributed by atoms with Gasteiger partial charge in [-0.3, -0.25) is 0 Å². The number of phenols is 1. The number of benzene rings is 2. The Balaban J connectivity index is 2.45. The molecule has 2 rings (SSSR count). The fraction of sp³-hybridized carbons (Fsp3) is 0.462. The van der Waals surface area contributed by atoms with Crippen LogP contribution < -0.4 is 8.85 Å². The van der Waals surface area contributed by atoms with Crippen molar-refractivity contribution in [3.63, 3.8) is 0 Å². The average molecular weight is 457 g/mol. The van der Waals surface area contributed by atoms with Gasteiger partial charge in [-0.1, -0.05) is 65.8 Å². The second kappa shape index (κ2) is 8.87. The molecule has 31 heavy (non-hydrogen) atoms. The molecule has 0 fully saturated rings. The number of aromatic hydroxyl groups is 1. The molecule has 2 aromatic carbocycles. The smallest absolute Gasteiger partial charge is 0.250 e. The molecular weight excluding hydrogens is 416 g/mol. The molecule has 0 heterocycles. The van der Waals surface area contributed by atoms with Gasteiger partial charge in [-0.05, 0) is 71.7 Å². The van der Waals surface area contributed by atoms with Crippen molar-refractivity contribution in [1.29, 1.82) is 0 Å². The second-order valence-corrected chi connectivity index (χ2v) is 20.8. The lowest BCUT2D eigenvalue weighted by Gasteiger charge is -2.38. The summed E-state index contributed by atoms with van der Waals surface area (Å²) in [6.07, 6.45) is 4.12. The quantitative estimate of drug-likeness (QED) is 0.351. The molecule has 0 amide bonds. The molecule has 0 bridgehead atoms. The lowest BCUT2D eigenvalue weighted by Crippen LogP contribution is -2.44. The van der Waals surface area contributed by atoms with E-state index in [2.05, 4.69) is 92.0 Å². The third kappa shape index (κ3) is 6.75. The van der Waals surface area contributed by atoms with Gasteiger partial charge in [0.25, 0.3) is 0 Å². The normalized spacial score (nSPS) is 13.5. The van der Waals surface area contributed by atoms with Crippen molar-refractivity contribution in [1.82, 2.24) is 0 Å². The van der Waals surface area contributed by atoms with Crippen molar-refractivity contribution in [2.45, 2.75) is 77.8 Å². The number of hydrogen-bond acceptors (Lipinski definition) is 3. The Hall–Kier alpha value is -1.99. The molecule has 170 valence electrons. The largest absolute Gasteiger partial charge is 0.543 e. The zero-order valence-corrected chi connectivity index (χ0v) is 23.0. The maximum absolute atomic E-state index is 9.51. The highest BCUT2D eigenvalue weighted by atomic mass is 28.4. The Morgan fingerprint density at radius 2 is 1.03 bits per heavy atom. The van der Waals surface area contributed by atoms with Crippen LogP contribution in [0.15, 0.2) is 42.5 Å². The fourth-order valence-electron chi connectivity index (χ4n) is 2.48. The van der Waals surface area contributed by atoms with Crippen LogP contribution in [0.3, 0.4) is 0 Å². The molecule has 0 aliphatic carbocycles. The highest BCUT2D eigenvalue weighted by Crippen LogP contribution is 2.41. The Bertz CT molecular complexity index is 869. The van der Waals surface area contributed by atoms with Crippen molar-refractivity contribution >= 4 is 28.8 Å². The Morgan fingerprint density at radius 1 is 0.645 bits per heavy atom. The minimum atomic E-state index is -1.98. The minimum absolute atomic E-state index is 0.116. The molecule has 1 N–H and O–H groups in total. The summed E-state index contributed by atoms with van der Waals surface area (Å²) in [7, 11) is -3.95. The molecule has 3 nitrogen and oxygen atoms in total. The predicted octanol–water partition coefficient (Wildman–Crippen LogP) is 8.33. The summed E-state index contributed by atoms with van der Waals surface area (Å²) in [5, 5.41) is 9.75. The Morgan fingerprint density at radius 3 is 1.42 bits per heavy atom. The first-order valence-corrected chi connectivity index (χ1v) is 16.8. The molecule has 0 aliphatic heterocycles. The van der Waals surface area contributed by atoms with Crippen molar-refractivity contribution in [3.05, 3.63) is 53.6 Å². The van der Waals surface area contributed by atoms with Gasteiger partial charge in [-0.15, -0.1) is 0 Å². The van der Waals surface area contributed by atoms with E-state index >= 15 is 0 Å². The SMILES string of the molecule is CC(C)(C)[Si](C)(C)Oc1cc(/C=C/c2ccc(O)cc2)cc(O[Si](C)(C)C(C)(C)C)c1. The third-order valence-electron chi connectivity index (χ3n) is 6.62. The van der Waals surface area contributed by atoms with Crippen LogP contribution in [0.2, 0.25) is 36.3 Å². The summed E-state index contributed by atoms with van der Waals surface area (Å²) in [5.41, 5.74) is 2.07. The maximum Gasteiger partial charge on any atom is 0.250 e. The molecule has 0 spiro atoms. The zero-order chi connectivity index (χ0) is 23.7. The highest BCUT2D eigenvalue weighted by Gasteiger charge is 2.40. The van der Waals surface area contributed by atoms with Crippen LogP contribution >= 0.6 is 0 Å². The van der Waals surface area contributed by atoms with Crippen LogP contribution in [0.1, 0.15) is 52.7 Å². The van der Waals surface area contributed by atoms with E-state index < -0.39 is 16.6 Å². The van der Waals surface area contributed by atoms with Crippen molar-refractivity contribution in [3.8, 4) is 17.2 Å². The summed E-state index contributed by atoms with van der Waals surface area (Å²) >= 11 is 0. The Kier molecular flexibility index (Phi) is 7.23. The van der Waals surface area contributed by atoms with Crippen molar-refractivity contribution in [2.24, 2.45) is 0 Å². The van der Waals surface area contributed by atoms with E-state index in [0.717, 1.165) is 22.6 Å². The van der Waals surface area contributed by atoms with Gasteiger partial charge in [-0.2, -0.15) is 0 Å². The number of phenolic OH excluding ortho intramolecular Hbond substituents is 1. The standard InChI is InChI=1S/C26H40O3Si2/c1-25(2,3)30(7,8)28-23-17-21(12-11-20-13-15-22(27)16-14-20)18-24(19-23)29-31(9,10)26(4,5)6/h11-19,27H,1-10H3/b12-11+. The lowest BCUT2D eigenvalue weighted by atomic mass is 10.1. The summed E-state index contributed by atoms with van der Waals surface area (Å²) in [5.74, 6) is 2.01. The van der Waals surface area contributed by atoms with E-state index in [1.165, 1.54) is 0 Å². The molecule has 5 heteroatoms. The third-order valence-corrected chi connectivity index (χ3v) is 15.3. The van der Waals surface area contributed by atoms with E-state index in [0.29, 0.717) is 0 Å². The molecule has 0 radical (unpaired) electrons. The summed E-state index contributed by atoms with van der Waals surface area (Å²) in [6, 6.07) is 13.4. The van der Waals surface area contributed by atoms with Crippen LogP contribution in [0.4, 0.5) is 0 Å². The average Bonchev–Trinajstić information content (AvgIpc) is 2.58. The summed E-state index contributed by atoms with van der Waals surface area (Å²) in [6.45, 7) is 22.6. The molecule has 0 saturated carbocycles. The molecule has 0 unspecified atom stereocenters. The topological polar surface area (TPSA) is 38.7 Å². The van der Waals surface area contributed by atoms with Gasteiger partial charge < -0.3 is 14.0 Å². The maximum atomic E-state index is 9.51. The first-order chi connectivity index (χ1) is 14.0. The van der Waals surface area contributed by atoms with Gasteiger partial charge in [0.1, 0.15) is 17.2 Å². The lowest BCUT2D eigenvalue weighted by molar-refractivity contribution is 0.474. The zero-order valence-electron chi connectivity index (χ0n) is 21.0. The predicted molar refractivity (Wildman–Crippen MR) is 139 cm³/mol. The molecular formula is C26H40O3Si2. The fourth-order valence-corrected chi connectivity index (χ4v) is 4.51. The molecule has 0 aliphatic rings. The van der Waals surface area contributed by atoms with Gasteiger partial charge >= 0.3 is 0 Å². The van der Waals surface area contributed by atoms with E-state index in [1.54, 1.807) is 12.1 Å². The van der Waals surface area contributed by atoms with Crippen LogP contribution in [0.5, 0.6) is 17.2 Å². The monoisotopic (exact) mass is 456 g/mol. The van der Waals surface area contributed by atoms with Crippen LogP contribution in [0, 0.1) is 0 Å². The summed E-state index contributed by atoms with van der Waals surface area (Å²) in [4.78, 5) is 0. The van der Waals surface area contributed by atoms with E-state index in [9.17, 15) is 5.11 Å². The van der Waals surface area contributed by atoms with E-state index in [-0.39, 0.29) is 15.8 Å². The van der Waals surface area contributed by atoms with Crippen LogP contribution in [0.25, 0.3) is 12.2 Å². The highest BCUT2D eigenvalue weighted by molar-refractivity contribution is 6.75. The first-order valence-electron chi connectivity index (χ1n) is 11.0. The number of hydrogen-bond donors (Lipinski definition) is 1. The molecule has 0 saturated heterocycles. The summed E-state index contributed by atoms with van der Waals surface area (Å²) < 4.78 is 13.2. The van der Waals surface area contributed by atoms with E-state index in [4.69, 9.17) is 8.85 Å². The Labute approximate surface area is 191 Å². The van der Waals surface area contributed by atoms with Gasteiger partial charge in [0, 0.05) is 6.07 Å². The van der Waals surface area contributed by atoms with Crippen molar-refractivity contribution < 1.29 is 14.0 Å². The van der Waals surface area contributed by atoms with Crippen LogP contribution in [-0.2, 0) is 0 Å². The molecule has 0 aromatic heterocycles. The van der Waals surface area contributed by atoms with E-state index in [1.807, 2.05) is 18.2 Å². The first kappa shape index (κ1) is 25.3.